The third-order valence-corrected chi connectivity index (χ3v) is 0.607. The van der Waals surface area contributed by atoms with Crippen LogP contribution < -0.4 is 0 Å². The van der Waals surface area contributed by atoms with Crippen LogP contribution in [0.5, 0.6) is 0 Å². The van der Waals surface area contributed by atoms with Gasteiger partial charge in [-0.15, -0.1) is 0 Å². The van der Waals surface area contributed by atoms with E-state index in [0.717, 1.165) is 0 Å². The molecule has 0 aliphatic rings. The average molecular weight is 286 g/mol. The largest absolute Gasteiger partial charge is 4.00 e. The van der Waals surface area contributed by atoms with Crippen LogP contribution in [0, 0.1) is 20.9 Å². The Kier molecular flexibility index (Phi) is 19.5. The Bertz CT molecular complexity index is 76.5. The van der Waals surface area contributed by atoms with Crippen LogP contribution in [0.1, 0.15) is 0 Å². The second-order valence-corrected chi connectivity index (χ2v) is 1.08. The van der Waals surface area contributed by atoms with Crippen molar-refractivity contribution in [3.63, 3.8) is 0 Å². The summed E-state index contributed by atoms with van der Waals surface area (Å²) >= 11 is 0. The van der Waals surface area contributed by atoms with Gasteiger partial charge in [-0.05, 0) is 0 Å². The first kappa shape index (κ1) is 16.0. The van der Waals surface area contributed by atoms with Crippen LogP contribution in [0.3, 0.4) is 0 Å². The number of rotatable bonds is 0. The van der Waals surface area contributed by atoms with E-state index < -0.39 is 0 Å². The molecule has 0 bridgehead atoms. The maximum absolute atomic E-state index is 2.89. The van der Waals surface area contributed by atoms with Crippen molar-refractivity contribution >= 4 is 0 Å². The first-order valence-electron chi connectivity index (χ1n) is 1.91. The fourth-order valence-corrected chi connectivity index (χ4v) is 0.342. The molecule has 0 fully saturated rings. The van der Waals surface area contributed by atoms with Crippen molar-refractivity contribution in [2.24, 2.45) is 0 Å². The molecule has 0 heterocycles. The van der Waals surface area contributed by atoms with Gasteiger partial charge < -0.3 is 14.9 Å². The Morgan fingerprint density at radius 2 is 1.22 bits per heavy atom. The molecule has 0 amide bonds. The molecule has 0 nitrogen and oxygen atoms in total. The minimum Gasteiger partial charge on any atom is -0.358 e. The monoisotopic (exact) mass is 287 g/mol. The van der Waals surface area contributed by atoms with Gasteiger partial charge in [0.1, 0.15) is 0 Å². The molecule has 1 rings (SSSR count). The predicted molar refractivity (Wildman–Crippen MR) is 38.1 cm³/mol. The maximum atomic E-state index is 2.89. The zero-order valence-electron chi connectivity index (χ0n) is 5.89. The maximum Gasteiger partial charge on any atom is 4.00 e. The molecule has 0 spiro atoms. The Morgan fingerprint density at radius 3 is 1.33 bits per heavy atom. The van der Waals surface area contributed by atoms with Crippen molar-refractivity contribution in [1.29, 1.82) is 0 Å². The van der Waals surface area contributed by atoms with E-state index >= 15 is 0 Å². The van der Waals surface area contributed by atoms with E-state index in [-0.39, 0.29) is 40.7 Å². The van der Waals surface area contributed by atoms with Crippen molar-refractivity contribution in [1.82, 2.24) is 0 Å². The van der Waals surface area contributed by atoms with E-state index in [2.05, 4.69) is 6.07 Å². The van der Waals surface area contributed by atoms with E-state index in [1.54, 1.807) is 0 Å². The molecule has 0 N–H and O–H groups in total. The first-order chi connectivity index (χ1) is 3.00. The Hall–Kier alpha value is 0.0901. The summed E-state index contributed by atoms with van der Waals surface area (Å²) < 4.78 is 0. The fourth-order valence-electron chi connectivity index (χ4n) is 0.342. The molecule has 0 aromatic heterocycles. The standard InChI is InChI=1S/C6H5.2CH3.Hf/c1-2-4-6-5-3-1;;;/h1-5H;2*1H3;/q3*-1;+4. The van der Waals surface area contributed by atoms with Crippen LogP contribution in [0.25, 0.3) is 0 Å². The molecule has 0 aliphatic carbocycles. The van der Waals surface area contributed by atoms with Gasteiger partial charge in [0.05, 0.1) is 0 Å². The van der Waals surface area contributed by atoms with Crippen molar-refractivity contribution in [3.8, 4) is 0 Å². The third-order valence-electron chi connectivity index (χ3n) is 0.607. The average Bonchev–Trinajstić information content (AvgIpc) is 1.72. The van der Waals surface area contributed by atoms with Gasteiger partial charge in [0.15, 0.2) is 0 Å². The van der Waals surface area contributed by atoms with E-state index in [1.807, 2.05) is 30.3 Å². The molecule has 0 saturated carbocycles. The fraction of sp³-hybridized carbons (Fsp3) is 0. The van der Waals surface area contributed by atoms with Crippen molar-refractivity contribution in [2.45, 2.75) is 0 Å². The molecule has 46 valence electrons. The minimum atomic E-state index is 0. The second-order valence-electron chi connectivity index (χ2n) is 1.08. The molecule has 1 aromatic carbocycles. The van der Waals surface area contributed by atoms with Crippen molar-refractivity contribution < 1.29 is 25.8 Å². The summed E-state index contributed by atoms with van der Waals surface area (Å²) in [5.41, 5.74) is 0. The smallest absolute Gasteiger partial charge is 0.358 e. The van der Waals surface area contributed by atoms with Crippen LogP contribution in [0.4, 0.5) is 0 Å². The van der Waals surface area contributed by atoms with Crippen molar-refractivity contribution in [2.75, 3.05) is 0 Å². The molecule has 0 saturated heterocycles. The molecular weight excluding hydrogens is 275 g/mol. The third kappa shape index (κ3) is 8.09. The number of benzene rings is 1. The summed E-state index contributed by atoms with van der Waals surface area (Å²) in [6.45, 7) is 0. The summed E-state index contributed by atoms with van der Waals surface area (Å²) in [5.74, 6) is 0. The van der Waals surface area contributed by atoms with Gasteiger partial charge in [0, 0.05) is 0 Å². The summed E-state index contributed by atoms with van der Waals surface area (Å²) in [5, 5.41) is 0. The summed E-state index contributed by atoms with van der Waals surface area (Å²) in [7, 11) is 0. The molecular formula is C8H11Hf+. The molecule has 1 heteroatoms. The normalized spacial score (nSPS) is 5.33. The number of hydrogen-bond acceptors (Lipinski definition) is 0. The zero-order valence-corrected chi connectivity index (χ0v) is 9.48. The quantitative estimate of drug-likeness (QED) is 0.507. The Balaban J connectivity index is -0.000000120. The Morgan fingerprint density at radius 1 is 0.778 bits per heavy atom. The summed E-state index contributed by atoms with van der Waals surface area (Å²) in [6.07, 6.45) is 0. The van der Waals surface area contributed by atoms with Gasteiger partial charge in [0.2, 0.25) is 0 Å². The van der Waals surface area contributed by atoms with Crippen LogP contribution in [0.2, 0.25) is 0 Å². The van der Waals surface area contributed by atoms with E-state index in [9.17, 15) is 0 Å². The van der Waals surface area contributed by atoms with Gasteiger partial charge in [-0.25, -0.2) is 0 Å². The predicted octanol–water partition coefficient (Wildman–Crippen LogP) is 2.38. The van der Waals surface area contributed by atoms with Gasteiger partial charge in [-0.3, -0.25) is 0 Å². The molecule has 0 radical (unpaired) electrons. The van der Waals surface area contributed by atoms with E-state index in [4.69, 9.17) is 0 Å². The SMILES string of the molecule is [CH3-].[CH3-].[Hf+4].[c-]1ccccc1. The second kappa shape index (κ2) is 11.0. The van der Waals surface area contributed by atoms with Crippen LogP contribution in [0.15, 0.2) is 30.3 Å². The van der Waals surface area contributed by atoms with Gasteiger partial charge >= 0.3 is 25.8 Å². The van der Waals surface area contributed by atoms with Crippen LogP contribution in [-0.4, -0.2) is 0 Å². The zero-order chi connectivity index (χ0) is 4.24. The molecule has 0 aliphatic heterocycles. The van der Waals surface area contributed by atoms with E-state index in [0.29, 0.717) is 0 Å². The van der Waals surface area contributed by atoms with Crippen LogP contribution >= 0.6 is 0 Å². The molecule has 0 unspecified atom stereocenters. The summed E-state index contributed by atoms with van der Waals surface area (Å²) in [4.78, 5) is 0. The molecule has 1 aromatic rings. The van der Waals surface area contributed by atoms with Gasteiger partial charge in [-0.2, -0.15) is 36.4 Å². The van der Waals surface area contributed by atoms with Crippen molar-refractivity contribution in [3.05, 3.63) is 51.3 Å². The minimum absolute atomic E-state index is 0. The van der Waals surface area contributed by atoms with Gasteiger partial charge in [-0.1, -0.05) is 0 Å². The molecule has 9 heavy (non-hydrogen) atoms. The topological polar surface area (TPSA) is 0 Å². The number of hydrogen-bond donors (Lipinski definition) is 0. The summed E-state index contributed by atoms with van der Waals surface area (Å²) in [6, 6.07) is 12.5. The van der Waals surface area contributed by atoms with Crippen LogP contribution in [-0.2, 0) is 25.8 Å². The van der Waals surface area contributed by atoms with E-state index in [1.165, 1.54) is 0 Å². The Labute approximate surface area is 77.1 Å². The van der Waals surface area contributed by atoms with Gasteiger partial charge in [0.25, 0.3) is 0 Å². The first-order valence-corrected chi connectivity index (χ1v) is 1.91. The molecule has 0 atom stereocenters.